The van der Waals surface area contributed by atoms with E-state index in [2.05, 4.69) is 19.2 Å². The third-order valence-electron chi connectivity index (χ3n) is 3.62. The molecule has 4 heteroatoms. The predicted octanol–water partition coefficient (Wildman–Crippen LogP) is 2.16. The van der Waals surface area contributed by atoms with Gasteiger partial charge in [-0.3, -0.25) is 4.79 Å². The first-order valence-electron chi connectivity index (χ1n) is 7.27. The molecular weight excluding hydrogens is 252 g/mol. The van der Waals surface area contributed by atoms with Crippen LogP contribution in [-0.2, 0) is 0 Å². The van der Waals surface area contributed by atoms with Gasteiger partial charge in [0.2, 0.25) is 0 Å². The van der Waals surface area contributed by atoms with Crippen LogP contribution >= 0.6 is 0 Å². The van der Waals surface area contributed by atoms with Gasteiger partial charge < -0.3 is 15.0 Å². The average molecular weight is 276 g/mol. The van der Waals surface area contributed by atoms with Crippen LogP contribution in [-0.4, -0.2) is 43.6 Å². The van der Waals surface area contributed by atoms with Gasteiger partial charge in [-0.2, -0.15) is 0 Å². The second-order valence-corrected chi connectivity index (χ2v) is 5.76. The smallest absolute Gasteiger partial charge is 0.254 e. The van der Waals surface area contributed by atoms with Crippen LogP contribution in [0.5, 0.6) is 5.75 Å². The van der Waals surface area contributed by atoms with Crippen molar-refractivity contribution in [3.63, 3.8) is 0 Å². The lowest BCUT2D eigenvalue weighted by Crippen LogP contribution is -2.52. The lowest BCUT2D eigenvalue weighted by atomic mass is 10.0. The van der Waals surface area contributed by atoms with Gasteiger partial charge in [0, 0.05) is 31.2 Å². The number of piperazine rings is 1. The average Bonchev–Trinajstić information content (AvgIpc) is 2.46. The van der Waals surface area contributed by atoms with E-state index < -0.39 is 0 Å². The number of nitrogens with zero attached hydrogens (tertiary/aromatic N) is 1. The maximum Gasteiger partial charge on any atom is 0.254 e. The molecule has 2 rings (SSSR count). The quantitative estimate of drug-likeness (QED) is 0.916. The molecule has 1 aromatic carbocycles. The summed E-state index contributed by atoms with van der Waals surface area (Å²) in [5.41, 5.74) is 0.703. The van der Waals surface area contributed by atoms with E-state index in [1.165, 1.54) is 0 Å². The van der Waals surface area contributed by atoms with Gasteiger partial charge in [0.25, 0.3) is 5.91 Å². The number of carbonyl (C=O) groups excluding carboxylic acids is 1. The Kier molecular flexibility index (Phi) is 5.01. The van der Waals surface area contributed by atoms with Crippen LogP contribution in [0.2, 0.25) is 0 Å². The van der Waals surface area contributed by atoms with Crippen LogP contribution in [0.25, 0.3) is 0 Å². The number of benzene rings is 1. The van der Waals surface area contributed by atoms with Crippen LogP contribution in [0.3, 0.4) is 0 Å². The monoisotopic (exact) mass is 276 g/mol. The van der Waals surface area contributed by atoms with Gasteiger partial charge in [-0.05, 0) is 30.5 Å². The fourth-order valence-electron chi connectivity index (χ4n) is 2.68. The molecule has 1 aromatic rings. The first kappa shape index (κ1) is 14.9. The largest absolute Gasteiger partial charge is 0.497 e. The highest BCUT2D eigenvalue weighted by Gasteiger charge is 2.24. The summed E-state index contributed by atoms with van der Waals surface area (Å²) in [6.07, 6.45) is 1.10. The van der Waals surface area contributed by atoms with Gasteiger partial charge in [-0.25, -0.2) is 0 Å². The van der Waals surface area contributed by atoms with E-state index in [0.717, 1.165) is 31.8 Å². The van der Waals surface area contributed by atoms with Crippen molar-refractivity contribution in [1.29, 1.82) is 0 Å². The number of carbonyl (C=O) groups is 1. The Hall–Kier alpha value is -1.55. The van der Waals surface area contributed by atoms with Crippen molar-refractivity contribution in [2.45, 2.75) is 26.3 Å². The first-order chi connectivity index (χ1) is 9.60. The van der Waals surface area contributed by atoms with Gasteiger partial charge in [0.1, 0.15) is 5.75 Å². The number of ether oxygens (including phenoxy) is 1. The maximum absolute atomic E-state index is 12.5. The van der Waals surface area contributed by atoms with E-state index in [-0.39, 0.29) is 5.91 Å². The lowest BCUT2D eigenvalue weighted by Gasteiger charge is -2.34. The summed E-state index contributed by atoms with van der Waals surface area (Å²) in [5.74, 6) is 1.46. The number of methoxy groups -OCH3 is 1. The van der Waals surface area contributed by atoms with Gasteiger partial charge in [-0.15, -0.1) is 0 Å². The SMILES string of the molecule is COc1cccc(C(=O)N2CCNC(CC(C)C)C2)c1. The molecule has 1 aliphatic heterocycles. The number of rotatable bonds is 4. The molecule has 1 fully saturated rings. The third-order valence-corrected chi connectivity index (χ3v) is 3.62. The molecule has 0 aromatic heterocycles. The predicted molar refractivity (Wildman–Crippen MR) is 80.1 cm³/mol. The van der Waals surface area contributed by atoms with Crippen LogP contribution in [0.15, 0.2) is 24.3 Å². The summed E-state index contributed by atoms with van der Waals surface area (Å²) < 4.78 is 5.18. The summed E-state index contributed by atoms with van der Waals surface area (Å²) in [6, 6.07) is 7.78. The highest BCUT2D eigenvalue weighted by atomic mass is 16.5. The normalized spacial score (nSPS) is 19.2. The van der Waals surface area contributed by atoms with Gasteiger partial charge in [0.05, 0.1) is 7.11 Å². The van der Waals surface area contributed by atoms with E-state index in [4.69, 9.17) is 4.74 Å². The minimum atomic E-state index is 0.0964. The molecule has 0 saturated carbocycles. The van der Waals surface area contributed by atoms with E-state index in [0.29, 0.717) is 17.5 Å². The summed E-state index contributed by atoms with van der Waals surface area (Å²) in [4.78, 5) is 14.5. The Morgan fingerprint density at radius 2 is 2.30 bits per heavy atom. The lowest BCUT2D eigenvalue weighted by molar-refractivity contribution is 0.0694. The minimum absolute atomic E-state index is 0.0964. The van der Waals surface area contributed by atoms with Crippen LogP contribution < -0.4 is 10.1 Å². The van der Waals surface area contributed by atoms with Crippen molar-refractivity contribution in [1.82, 2.24) is 10.2 Å². The van der Waals surface area contributed by atoms with E-state index in [9.17, 15) is 4.79 Å². The molecule has 0 bridgehead atoms. The topological polar surface area (TPSA) is 41.6 Å². The number of amides is 1. The highest BCUT2D eigenvalue weighted by molar-refractivity contribution is 5.94. The molecule has 1 N–H and O–H groups in total. The Balaban J connectivity index is 2.04. The van der Waals surface area contributed by atoms with Crippen molar-refractivity contribution >= 4 is 5.91 Å². The van der Waals surface area contributed by atoms with Crippen LogP contribution in [0, 0.1) is 5.92 Å². The van der Waals surface area contributed by atoms with E-state index in [1.54, 1.807) is 7.11 Å². The third kappa shape index (κ3) is 3.73. The summed E-state index contributed by atoms with van der Waals surface area (Å²) in [7, 11) is 1.62. The Morgan fingerprint density at radius 1 is 1.50 bits per heavy atom. The van der Waals surface area contributed by atoms with Crippen molar-refractivity contribution < 1.29 is 9.53 Å². The van der Waals surface area contributed by atoms with E-state index in [1.807, 2.05) is 29.2 Å². The Labute approximate surface area is 121 Å². The molecule has 0 aliphatic carbocycles. The first-order valence-corrected chi connectivity index (χ1v) is 7.27. The van der Waals surface area contributed by atoms with Gasteiger partial charge >= 0.3 is 0 Å². The molecule has 0 spiro atoms. The molecule has 1 aliphatic rings. The molecular formula is C16H24N2O2. The number of nitrogens with one attached hydrogen (secondary N) is 1. The van der Waals surface area contributed by atoms with Crippen molar-refractivity contribution in [2.75, 3.05) is 26.7 Å². The highest BCUT2D eigenvalue weighted by Crippen LogP contribution is 2.16. The van der Waals surface area contributed by atoms with E-state index >= 15 is 0 Å². The van der Waals surface area contributed by atoms with Crippen molar-refractivity contribution in [3.8, 4) is 5.75 Å². The molecule has 110 valence electrons. The molecule has 4 nitrogen and oxygen atoms in total. The molecule has 1 atom stereocenters. The molecule has 1 heterocycles. The number of hydrogen-bond donors (Lipinski definition) is 1. The zero-order chi connectivity index (χ0) is 14.5. The second kappa shape index (κ2) is 6.75. The summed E-state index contributed by atoms with van der Waals surface area (Å²) in [6.45, 7) is 6.85. The van der Waals surface area contributed by atoms with Crippen molar-refractivity contribution in [2.24, 2.45) is 5.92 Å². The molecule has 1 saturated heterocycles. The molecule has 1 amide bonds. The maximum atomic E-state index is 12.5. The fourth-order valence-corrected chi connectivity index (χ4v) is 2.68. The molecule has 0 radical (unpaired) electrons. The minimum Gasteiger partial charge on any atom is -0.497 e. The zero-order valence-corrected chi connectivity index (χ0v) is 12.6. The Morgan fingerprint density at radius 3 is 3.00 bits per heavy atom. The van der Waals surface area contributed by atoms with Crippen molar-refractivity contribution in [3.05, 3.63) is 29.8 Å². The summed E-state index contributed by atoms with van der Waals surface area (Å²) >= 11 is 0. The zero-order valence-electron chi connectivity index (χ0n) is 12.6. The standard InChI is InChI=1S/C16H24N2O2/c1-12(2)9-14-11-18(8-7-17-14)16(19)13-5-4-6-15(10-13)20-3/h4-6,10,12,14,17H,7-9,11H2,1-3H3. The molecule has 1 unspecified atom stereocenters. The Bertz CT molecular complexity index is 460. The number of hydrogen-bond acceptors (Lipinski definition) is 3. The summed E-state index contributed by atoms with van der Waals surface area (Å²) in [5, 5.41) is 3.49. The molecule has 20 heavy (non-hydrogen) atoms. The van der Waals surface area contributed by atoms with Gasteiger partial charge in [0.15, 0.2) is 0 Å². The fraction of sp³-hybridized carbons (Fsp3) is 0.562. The van der Waals surface area contributed by atoms with Gasteiger partial charge in [-0.1, -0.05) is 19.9 Å². The van der Waals surface area contributed by atoms with Crippen LogP contribution in [0.1, 0.15) is 30.6 Å². The van der Waals surface area contributed by atoms with Crippen LogP contribution in [0.4, 0.5) is 0 Å². The second-order valence-electron chi connectivity index (χ2n) is 5.76.